The van der Waals surface area contributed by atoms with Crippen molar-refractivity contribution in [3.05, 3.63) is 16.1 Å². The Bertz CT molecular complexity index is 463. The van der Waals surface area contributed by atoms with Crippen LogP contribution in [0.25, 0.3) is 0 Å². The zero-order valence-electron chi connectivity index (χ0n) is 14.6. The third kappa shape index (κ3) is 7.31. The second-order valence-electron chi connectivity index (χ2n) is 6.08. The third-order valence-electron chi connectivity index (χ3n) is 4.05. The summed E-state index contributed by atoms with van der Waals surface area (Å²) >= 11 is 1.72. The van der Waals surface area contributed by atoms with Crippen LogP contribution in [0.2, 0.25) is 0 Å². The molecule has 5 nitrogen and oxygen atoms in total. The van der Waals surface area contributed by atoms with Crippen molar-refractivity contribution < 1.29 is 0 Å². The summed E-state index contributed by atoms with van der Waals surface area (Å²) in [7, 11) is 0. The van der Waals surface area contributed by atoms with Gasteiger partial charge in [0.25, 0.3) is 0 Å². The molecule has 1 aliphatic rings. The first-order valence-corrected chi connectivity index (χ1v) is 9.75. The number of rotatable bonds is 7. The number of aliphatic imine (C=N–C) groups is 1. The molecule has 1 saturated heterocycles. The lowest BCUT2D eigenvalue weighted by Crippen LogP contribution is -2.38. The van der Waals surface area contributed by atoms with E-state index < -0.39 is 0 Å². The Morgan fingerprint density at radius 1 is 1.26 bits per heavy atom. The van der Waals surface area contributed by atoms with Crippen LogP contribution >= 0.6 is 11.3 Å². The zero-order chi connectivity index (χ0) is 16.3. The van der Waals surface area contributed by atoms with Crippen LogP contribution in [0, 0.1) is 6.92 Å². The first-order valence-electron chi connectivity index (χ1n) is 8.94. The van der Waals surface area contributed by atoms with Crippen molar-refractivity contribution in [1.29, 1.82) is 0 Å². The second-order valence-corrected chi connectivity index (χ2v) is 7.40. The summed E-state index contributed by atoms with van der Waals surface area (Å²) in [4.78, 5) is 12.7. The van der Waals surface area contributed by atoms with Crippen LogP contribution in [0.3, 0.4) is 0 Å². The largest absolute Gasteiger partial charge is 0.357 e. The smallest absolute Gasteiger partial charge is 0.191 e. The number of likely N-dealkylation sites (tertiary alicyclic amines) is 1. The maximum atomic E-state index is 4.65. The monoisotopic (exact) mass is 337 g/mol. The molecule has 1 aliphatic heterocycles. The molecule has 0 aromatic carbocycles. The van der Waals surface area contributed by atoms with Gasteiger partial charge in [-0.15, -0.1) is 11.3 Å². The van der Waals surface area contributed by atoms with Gasteiger partial charge in [-0.05, 0) is 52.7 Å². The molecule has 0 bridgehead atoms. The number of guanidine groups is 1. The van der Waals surface area contributed by atoms with Crippen molar-refractivity contribution in [2.75, 3.05) is 32.7 Å². The minimum atomic E-state index is 0.701. The minimum absolute atomic E-state index is 0.701. The second kappa shape index (κ2) is 10.6. The number of hydrogen-bond donors (Lipinski definition) is 2. The average Bonchev–Trinajstić information content (AvgIpc) is 2.80. The Kier molecular flexibility index (Phi) is 8.39. The maximum Gasteiger partial charge on any atom is 0.191 e. The van der Waals surface area contributed by atoms with Gasteiger partial charge in [0.1, 0.15) is 0 Å². The zero-order valence-corrected chi connectivity index (χ0v) is 15.4. The lowest BCUT2D eigenvalue weighted by atomic mass is 10.2. The Labute approximate surface area is 144 Å². The van der Waals surface area contributed by atoms with E-state index in [2.05, 4.69) is 32.4 Å². The molecule has 0 saturated carbocycles. The highest BCUT2D eigenvalue weighted by Crippen LogP contribution is 2.12. The van der Waals surface area contributed by atoms with Crippen molar-refractivity contribution in [3.8, 4) is 0 Å². The van der Waals surface area contributed by atoms with Gasteiger partial charge in [-0.2, -0.15) is 0 Å². The highest BCUT2D eigenvalue weighted by molar-refractivity contribution is 7.11. The number of nitrogens with zero attached hydrogens (tertiary/aromatic N) is 3. The number of thiazole rings is 1. The van der Waals surface area contributed by atoms with E-state index in [1.807, 2.05) is 13.1 Å². The quantitative estimate of drug-likeness (QED) is 0.456. The fourth-order valence-electron chi connectivity index (χ4n) is 2.85. The molecule has 0 unspecified atom stereocenters. The Morgan fingerprint density at radius 3 is 2.70 bits per heavy atom. The van der Waals surface area contributed by atoms with Gasteiger partial charge in [-0.1, -0.05) is 12.8 Å². The molecule has 2 rings (SSSR count). The van der Waals surface area contributed by atoms with Gasteiger partial charge >= 0.3 is 0 Å². The Hall–Kier alpha value is -1.14. The van der Waals surface area contributed by atoms with Crippen LogP contribution in [0.4, 0.5) is 0 Å². The number of aromatic nitrogens is 1. The average molecular weight is 338 g/mol. The molecule has 0 radical (unpaired) electrons. The molecule has 2 N–H and O–H groups in total. The summed E-state index contributed by atoms with van der Waals surface area (Å²) in [6.45, 7) is 10.4. The molecule has 2 heterocycles. The molecular weight excluding hydrogens is 306 g/mol. The molecule has 23 heavy (non-hydrogen) atoms. The molecule has 6 heteroatoms. The fourth-order valence-corrected chi connectivity index (χ4v) is 3.57. The van der Waals surface area contributed by atoms with Crippen molar-refractivity contribution in [1.82, 2.24) is 20.5 Å². The van der Waals surface area contributed by atoms with Gasteiger partial charge in [0.15, 0.2) is 5.96 Å². The minimum Gasteiger partial charge on any atom is -0.357 e. The number of aryl methyl sites for hydroxylation is 1. The van der Waals surface area contributed by atoms with Crippen LogP contribution in [0.15, 0.2) is 11.2 Å². The van der Waals surface area contributed by atoms with E-state index in [0.29, 0.717) is 6.54 Å². The molecule has 1 fully saturated rings. The van der Waals surface area contributed by atoms with Crippen LogP contribution in [0.1, 0.15) is 48.9 Å². The van der Waals surface area contributed by atoms with Crippen LogP contribution in [-0.4, -0.2) is 48.6 Å². The highest BCUT2D eigenvalue weighted by Gasteiger charge is 2.08. The van der Waals surface area contributed by atoms with E-state index in [1.165, 1.54) is 56.6 Å². The fraction of sp³-hybridized carbons (Fsp3) is 0.765. The van der Waals surface area contributed by atoms with E-state index in [9.17, 15) is 0 Å². The molecule has 1 aromatic rings. The van der Waals surface area contributed by atoms with Gasteiger partial charge in [-0.25, -0.2) is 9.98 Å². The van der Waals surface area contributed by atoms with Gasteiger partial charge in [0, 0.05) is 24.2 Å². The lowest BCUT2D eigenvalue weighted by molar-refractivity contribution is 0.282. The summed E-state index contributed by atoms with van der Waals surface area (Å²) in [5.41, 5.74) is 0. The van der Waals surface area contributed by atoms with Gasteiger partial charge in [0.2, 0.25) is 0 Å². The molecule has 0 spiro atoms. The SMILES string of the molecule is CCNC(=NCc1cnc(C)s1)NCCCN1CCCCCC1. The van der Waals surface area contributed by atoms with Crippen LogP contribution in [0.5, 0.6) is 0 Å². The summed E-state index contributed by atoms with van der Waals surface area (Å²) in [6, 6.07) is 0. The Morgan fingerprint density at radius 2 is 2.04 bits per heavy atom. The van der Waals surface area contributed by atoms with E-state index in [0.717, 1.165) is 24.1 Å². The first-order chi connectivity index (χ1) is 11.3. The summed E-state index contributed by atoms with van der Waals surface area (Å²) in [5.74, 6) is 0.911. The molecule has 1 aromatic heterocycles. The van der Waals surface area contributed by atoms with Crippen LogP contribution < -0.4 is 10.6 Å². The highest BCUT2D eigenvalue weighted by atomic mass is 32.1. The standard InChI is InChI=1S/C17H31N5S/c1-3-18-17(21-14-16-13-20-15(2)23-16)19-9-8-12-22-10-6-4-5-7-11-22/h13H,3-12,14H2,1-2H3,(H2,18,19,21). The van der Waals surface area contributed by atoms with Gasteiger partial charge < -0.3 is 15.5 Å². The van der Waals surface area contributed by atoms with Crippen molar-refractivity contribution in [3.63, 3.8) is 0 Å². The molecule has 0 amide bonds. The van der Waals surface area contributed by atoms with Crippen LogP contribution in [-0.2, 0) is 6.54 Å². The predicted octanol–water partition coefficient (Wildman–Crippen LogP) is 2.77. The van der Waals surface area contributed by atoms with Crippen molar-refractivity contribution >= 4 is 17.3 Å². The topological polar surface area (TPSA) is 52.6 Å². The molecular formula is C17H31N5S. The van der Waals surface area contributed by atoms with Gasteiger partial charge in [0.05, 0.1) is 11.6 Å². The summed E-state index contributed by atoms with van der Waals surface area (Å²) in [5, 5.41) is 7.87. The molecule has 0 aliphatic carbocycles. The Balaban J connectivity index is 1.69. The molecule has 130 valence electrons. The first kappa shape index (κ1) is 18.2. The van der Waals surface area contributed by atoms with Crippen molar-refractivity contribution in [2.24, 2.45) is 4.99 Å². The number of nitrogens with one attached hydrogen (secondary N) is 2. The van der Waals surface area contributed by atoms with E-state index in [-0.39, 0.29) is 0 Å². The van der Waals surface area contributed by atoms with E-state index in [1.54, 1.807) is 11.3 Å². The predicted molar refractivity (Wildman–Crippen MR) is 99.2 cm³/mol. The normalized spacial score (nSPS) is 17.0. The maximum absolute atomic E-state index is 4.65. The lowest BCUT2D eigenvalue weighted by Gasteiger charge is -2.20. The third-order valence-corrected chi connectivity index (χ3v) is 4.95. The van der Waals surface area contributed by atoms with Crippen molar-refractivity contribution in [2.45, 2.75) is 52.5 Å². The van der Waals surface area contributed by atoms with Gasteiger partial charge in [-0.3, -0.25) is 0 Å². The summed E-state index contributed by atoms with van der Waals surface area (Å²) in [6.07, 6.45) is 8.64. The number of hydrogen-bond acceptors (Lipinski definition) is 4. The molecule has 0 atom stereocenters. The van der Waals surface area contributed by atoms with E-state index in [4.69, 9.17) is 0 Å². The van der Waals surface area contributed by atoms with E-state index >= 15 is 0 Å². The summed E-state index contributed by atoms with van der Waals surface area (Å²) < 4.78 is 0.